The minimum Gasteiger partial charge on any atom is -0.352 e. The number of aryl methyl sites for hydroxylation is 1. The molecular formula is C19H18ClN3O. The summed E-state index contributed by atoms with van der Waals surface area (Å²) in [5.74, 6) is 0.0254. The molecule has 1 N–H and O–H groups in total. The highest BCUT2D eigenvalue weighted by Gasteiger charge is 2.05. The van der Waals surface area contributed by atoms with Crippen LogP contribution in [0.3, 0.4) is 0 Å². The second-order valence-corrected chi connectivity index (χ2v) is 5.97. The first-order valence-electron chi connectivity index (χ1n) is 7.81. The topological polar surface area (TPSA) is 46.9 Å². The molecular weight excluding hydrogens is 322 g/mol. The van der Waals surface area contributed by atoms with Crippen LogP contribution in [0.4, 0.5) is 0 Å². The zero-order valence-electron chi connectivity index (χ0n) is 13.2. The highest BCUT2D eigenvalue weighted by Crippen LogP contribution is 2.10. The summed E-state index contributed by atoms with van der Waals surface area (Å²) < 4.78 is 1.82. The second-order valence-electron chi connectivity index (χ2n) is 5.53. The minimum absolute atomic E-state index is 0.0254. The molecule has 2 aromatic carbocycles. The fourth-order valence-electron chi connectivity index (χ4n) is 2.36. The van der Waals surface area contributed by atoms with Crippen molar-refractivity contribution in [2.45, 2.75) is 19.4 Å². The average Bonchev–Trinajstić information content (AvgIpc) is 3.09. The van der Waals surface area contributed by atoms with Crippen LogP contribution in [0.5, 0.6) is 0 Å². The molecule has 1 aromatic heterocycles. The standard InChI is InChI=1S/C19H18ClN3O/c20-17-9-6-15(7-10-17)12-21-19(24)11-8-16-13-22-23(14-16)18-4-2-1-3-5-18/h1-7,9-10,13-14H,8,11-12H2,(H,21,24). The largest absolute Gasteiger partial charge is 0.352 e. The number of hydrogen-bond acceptors (Lipinski definition) is 2. The predicted octanol–water partition coefficient (Wildman–Crippen LogP) is 3.77. The zero-order chi connectivity index (χ0) is 16.8. The van der Waals surface area contributed by atoms with E-state index in [2.05, 4.69) is 10.4 Å². The molecule has 0 aliphatic heterocycles. The van der Waals surface area contributed by atoms with Crippen LogP contribution >= 0.6 is 11.6 Å². The summed E-state index contributed by atoms with van der Waals surface area (Å²) in [6.45, 7) is 0.513. The second kappa shape index (κ2) is 7.79. The molecule has 3 rings (SSSR count). The Kier molecular flexibility index (Phi) is 5.29. The number of amides is 1. The number of halogens is 1. The molecule has 0 aliphatic rings. The van der Waals surface area contributed by atoms with Crippen molar-refractivity contribution >= 4 is 17.5 Å². The van der Waals surface area contributed by atoms with Gasteiger partial charge in [-0.2, -0.15) is 5.10 Å². The van der Waals surface area contributed by atoms with Crippen molar-refractivity contribution in [3.8, 4) is 5.69 Å². The maximum absolute atomic E-state index is 12.0. The van der Waals surface area contributed by atoms with Crippen molar-refractivity contribution in [3.05, 3.63) is 83.1 Å². The first kappa shape index (κ1) is 16.3. The lowest BCUT2D eigenvalue weighted by Gasteiger charge is -2.05. The molecule has 1 heterocycles. The van der Waals surface area contributed by atoms with E-state index in [0.29, 0.717) is 24.4 Å². The van der Waals surface area contributed by atoms with E-state index in [9.17, 15) is 4.79 Å². The monoisotopic (exact) mass is 339 g/mol. The first-order chi connectivity index (χ1) is 11.7. The zero-order valence-corrected chi connectivity index (χ0v) is 13.9. The van der Waals surface area contributed by atoms with E-state index < -0.39 is 0 Å². The number of hydrogen-bond donors (Lipinski definition) is 1. The van der Waals surface area contributed by atoms with Gasteiger partial charge in [-0.05, 0) is 41.8 Å². The lowest BCUT2D eigenvalue weighted by Crippen LogP contribution is -2.22. The number of carbonyl (C=O) groups excluding carboxylic acids is 1. The smallest absolute Gasteiger partial charge is 0.220 e. The van der Waals surface area contributed by atoms with E-state index in [1.54, 1.807) is 6.20 Å². The van der Waals surface area contributed by atoms with Gasteiger partial charge in [-0.15, -0.1) is 0 Å². The Morgan fingerprint density at radius 3 is 2.54 bits per heavy atom. The Labute approximate surface area is 146 Å². The molecule has 0 aliphatic carbocycles. The molecule has 0 saturated heterocycles. The fourth-order valence-corrected chi connectivity index (χ4v) is 2.49. The normalized spacial score (nSPS) is 10.5. The summed E-state index contributed by atoms with van der Waals surface area (Å²) in [5, 5.41) is 7.95. The van der Waals surface area contributed by atoms with Crippen LogP contribution in [-0.2, 0) is 17.8 Å². The Morgan fingerprint density at radius 1 is 1.04 bits per heavy atom. The molecule has 3 aromatic rings. The van der Waals surface area contributed by atoms with Crippen LogP contribution < -0.4 is 5.32 Å². The van der Waals surface area contributed by atoms with Gasteiger partial charge >= 0.3 is 0 Å². The highest BCUT2D eigenvalue weighted by molar-refractivity contribution is 6.30. The van der Waals surface area contributed by atoms with Crippen molar-refractivity contribution in [1.29, 1.82) is 0 Å². The summed E-state index contributed by atoms with van der Waals surface area (Å²) in [6.07, 6.45) is 4.87. The number of carbonyl (C=O) groups is 1. The van der Waals surface area contributed by atoms with Gasteiger partial charge in [0.05, 0.1) is 11.9 Å². The third-order valence-corrected chi connectivity index (χ3v) is 3.95. The molecule has 4 nitrogen and oxygen atoms in total. The molecule has 0 spiro atoms. The van der Waals surface area contributed by atoms with Crippen LogP contribution in [0.15, 0.2) is 67.0 Å². The quantitative estimate of drug-likeness (QED) is 0.743. The van der Waals surface area contributed by atoms with Crippen LogP contribution in [0.25, 0.3) is 5.69 Å². The lowest BCUT2D eigenvalue weighted by atomic mass is 10.2. The van der Waals surface area contributed by atoms with Gasteiger partial charge in [-0.3, -0.25) is 4.79 Å². The molecule has 0 unspecified atom stereocenters. The Bertz CT molecular complexity index is 797. The van der Waals surface area contributed by atoms with Gasteiger partial charge in [-0.1, -0.05) is 41.9 Å². The lowest BCUT2D eigenvalue weighted by molar-refractivity contribution is -0.121. The van der Waals surface area contributed by atoms with Gasteiger partial charge in [-0.25, -0.2) is 4.68 Å². The number of benzene rings is 2. The van der Waals surface area contributed by atoms with Gasteiger partial charge in [0.2, 0.25) is 5.91 Å². The molecule has 1 amide bonds. The van der Waals surface area contributed by atoms with Crippen LogP contribution in [0.2, 0.25) is 5.02 Å². The van der Waals surface area contributed by atoms with Crippen molar-refractivity contribution in [3.63, 3.8) is 0 Å². The molecule has 5 heteroatoms. The molecule has 24 heavy (non-hydrogen) atoms. The average molecular weight is 340 g/mol. The maximum atomic E-state index is 12.0. The minimum atomic E-state index is 0.0254. The van der Waals surface area contributed by atoms with Crippen LogP contribution in [0, 0.1) is 0 Å². The summed E-state index contributed by atoms with van der Waals surface area (Å²) in [7, 11) is 0. The Balaban J connectivity index is 1.48. The number of para-hydroxylation sites is 1. The number of aromatic nitrogens is 2. The van der Waals surface area contributed by atoms with E-state index in [4.69, 9.17) is 11.6 Å². The number of nitrogens with zero attached hydrogens (tertiary/aromatic N) is 2. The molecule has 0 bridgehead atoms. The van der Waals surface area contributed by atoms with E-state index >= 15 is 0 Å². The number of nitrogens with one attached hydrogen (secondary N) is 1. The van der Waals surface area contributed by atoms with Crippen molar-refractivity contribution in [2.24, 2.45) is 0 Å². The summed E-state index contributed by atoms with van der Waals surface area (Å²) >= 11 is 5.84. The van der Waals surface area contributed by atoms with E-state index in [1.165, 1.54) is 0 Å². The van der Waals surface area contributed by atoms with E-state index in [1.807, 2.05) is 65.5 Å². The predicted molar refractivity (Wildman–Crippen MR) is 95.2 cm³/mol. The van der Waals surface area contributed by atoms with E-state index in [0.717, 1.165) is 16.8 Å². The van der Waals surface area contributed by atoms with Crippen LogP contribution in [-0.4, -0.2) is 15.7 Å². The summed E-state index contributed by atoms with van der Waals surface area (Å²) in [5.41, 5.74) is 3.08. The van der Waals surface area contributed by atoms with Gasteiger partial charge in [0.1, 0.15) is 0 Å². The maximum Gasteiger partial charge on any atom is 0.220 e. The van der Waals surface area contributed by atoms with Gasteiger partial charge in [0.15, 0.2) is 0 Å². The molecule has 0 radical (unpaired) electrons. The summed E-state index contributed by atoms with van der Waals surface area (Å²) in [6, 6.07) is 17.4. The van der Waals surface area contributed by atoms with Gasteiger partial charge < -0.3 is 5.32 Å². The molecule has 122 valence electrons. The Morgan fingerprint density at radius 2 is 1.79 bits per heavy atom. The third-order valence-electron chi connectivity index (χ3n) is 3.70. The molecule has 0 saturated carbocycles. The van der Waals surface area contributed by atoms with Gasteiger partial charge in [0, 0.05) is 24.2 Å². The fraction of sp³-hybridized carbons (Fsp3) is 0.158. The summed E-state index contributed by atoms with van der Waals surface area (Å²) in [4.78, 5) is 12.0. The van der Waals surface area contributed by atoms with E-state index in [-0.39, 0.29) is 5.91 Å². The van der Waals surface area contributed by atoms with Crippen molar-refractivity contribution in [2.75, 3.05) is 0 Å². The Hall–Kier alpha value is -2.59. The van der Waals surface area contributed by atoms with Crippen LogP contribution in [0.1, 0.15) is 17.5 Å². The van der Waals surface area contributed by atoms with Crippen molar-refractivity contribution < 1.29 is 4.79 Å². The first-order valence-corrected chi connectivity index (χ1v) is 8.18. The third kappa shape index (κ3) is 4.46. The van der Waals surface area contributed by atoms with Gasteiger partial charge in [0.25, 0.3) is 0 Å². The molecule has 0 fully saturated rings. The number of rotatable bonds is 6. The SMILES string of the molecule is O=C(CCc1cnn(-c2ccccc2)c1)NCc1ccc(Cl)cc1. The van der Waals surface area contributed by atoms with Crippen molar-refractivity contribution in [1.82, 2.24) is 15.1 Å². The highest BCUT2D eigenvalue weighted by atomic mass is 35.5. The molecule has 0 atom stereocenters.